The molecule has 2 aromatic rings. The molecule has 32 heavy (non-hydrogen) atoms. The number of hydrogen-bond donors (Lipinski definition) is 1. The number of thioether (sulfide) groups is 1. The van der Waals surface area contributed by atoms with Gasteiger partial charge in [0, 0.05) is 12.7 Å². The summed E-state index contributed by atoms with van der Waals surface area (Å²) in [5.74, 6) is -1.17. The number of ketones is 1. The first-order valence-electron chi connectivity index (χ1n) is 9.39. The van der Waals surface area contributed by atoms with Crippen LogP contribution in [0.1, 0.15) is 21.5 Å². The van der Waals surface area contributed by atoms with Gasteiger partial charge in [0.2, 0.25) is 0 Å². The first-order chi connectivity index (χ1) is 15.4. The van der Waals surface area contributed by atoms with Crippen molar-refractivity contribution in [2.24, 2.45) is 0 Å². The van der Waals surface area contributed by atoms with Crippen LogP contribution in [0.2, 0.25) is 0 Å². The van der Waals surface area contributed by atoms with Gasteiger partial charge in [0.1, 0.15) is 16.6 Å². The van der Waals surface area contributed by atoms with Crippen LogP contribution in [0.25, 0.3) is 12.2 Å². The van der Waals surface area contributed by atoms with E-state index in [2.05, 4.69) is 0 Å². The highest BCUT2D eigenvalue weighted by Gasteiger charge is 2.33. The van der Waals surface area contributed by atoms with Gasteiger partial charge >= 0.3 is 5.97 Å². The second-order valence-electron chi connectivity index (χ2n) is 6.60. The molecule has 3 rings (SSSR count). The van der Waals surface area contributed by atoms with Gasteiger partial charge in [-0.05, 0) is 35.4 Å². The van der Waals surface area contributed by atoms with E-state index < -0.39 is 18.4 Å². The van der Waals surface area contributed by atoms with Gasteiger partial charge in [-0.15, -0.1) is 0 Å². The number of ether oxygens (including phenoxy) is 2. The molecule has 2 aromatic carbocycles. The third-order valence-electron chi connectivity index (χ3n) is 4.29. The van der Waals surface area contributed by atoms with E-state index in [0.29, 0.717) is 16.2 Å². The molecule has 164 valence electrons. The fourth-order valence-corrected chi connectivity index (χ4v) is 4.02. The Labute approximate surface area is 194 Å². The predicted octanol–water partition coefficient (Wildman–Crippen LogP) is 3.85. The highest BCUT2D eigenvalue weighted by Crippen LogP contribution is 2.32. The molecule has 0 unspecified atom stereocenters. The normalized spacial score (nSPS) is 15.0. The maximum Gasteiger partial charge on any atom is 0.323 e. The maximum atomic E-state index is 12.4. The van der Waals surface area contributed by atoms with Gasteiger partial charge in [-0.1, -0.05) is 66.5 Å². The molecule has 9 heteroatoms. The van der Waals surface area contributed by atoms with E-state index in [1.54, 1.807) is 48.6 Å². The summed E-state index contributed by atoms with van der Waals surface area (Å²) in [6.07, 6.45) is 4.83. The Morgan fingerprint density at radius 1 is 1.16 bits per heavy atom. The van der Waals surface area contributed by atoms with Crippen LogP contribution in [0.3, 0.4) is 0 Å². The summed E-state index contributed by atoms with van der Waals surface area (Å²) < 4.78 is 10.4. The fraction of sp³-hybridized carbons (Fsp3) is 0.130. The lowest BCUT2D eigenvalue weighted by Gasteiger charge is -2.10. The van der Waals surface area contributed by atoms with Gasteiger partial charge in [0.05, 0.1) is 4.91 Å². The number of benzene rings is 2. The number of carboxylic acids is 1. The number of amides is 1. The second kappa shape index (κ2) is 10.9. The zero-order valence-electron chi connectivity index (χ0n) is 17.0. The zero-order chi connectivity index (χ0) is 23.1. The average Bonchev–Trinajstić information content (AvgIpc) is 3.04. The number of hydrogen-bond acceptors (Lipinski definition) is 7. The fourth-order valence-electron chi connectivity index (χ4n) is 2.76. The number of allylic oxidation sites excluding steroid dienone is 1. The molecule has 0 radical (unpaired) electrons. The Kier molecular flexibility index (Phi) is 7.93. The van der Waals surface area contributed by atoms with Crippen molar-refractivity contribution in [2.45, 2.75) is 0 Å². The minimum absolute atomic E-state index is 0.101. The summed E-state index contributed by atoms with van der Waals surface area (Å²) in [4.78, 5) is 37.1. The molecule has 0 bridgehead atoms. The van der Waals surface area contributed by atoms with E-state index in [-0.39, 0.29) is 16.9 Å². The highest BCUT2D eigenvalue weighted by atomic mass is 32.2. The Hall–Kier alpha value is -3.27. The van der Waals surface area contributed by atoms with E-state index in [1.165, 1.54) is 13.2 Å². The Morgan fingerprint density at radius 3 is 2.56 bits per heavy atom. The summed E-state index contributed by atoms with van der Waals surface area (Å²) in [6, 6.07) is 14.1. The molecule has 1 heterocycles. The number of carbonyl (C=O) groups excluding carboxylic acids is 2. The number of carboxylic acid groups (broad SMARTS) is 1. The molecule has 1 aliphatic rings. The molecule has 0 saturated carbocycles. The van der Waals surface area contributed by atoms with Crippen molar-refractivity contribution < 1.29 is 29.0 Å². The summed E-state index contributed by atoms with van der Waals surface area (Å²) in [7, 11) is 1.52. The molecule has 7 nitrogen and oxygen atoms in total. The molecular formula is C23H19NO6S2. The van der Waals surface area contributed by atoms with Gasteiger partial charge in [-0.2, -0.15) is 0 Å². The molecular weight excluding hydrogens is 450 g/mol. The minimum atomic E-state index is -1.12. The quantitative estimate of drug-likeness (QED) is 0.256. The van der Waals surface area contributed by atoms with Crippen molar-refractivity contribution in [3.8, 4) is 5.75 Å². The largest absolute Gasteiger partial charge is 0.480 e. The summed E-state index contributed by atoms with van der Waals surface area (Å²) >= 11 is 6.16. The van der Waals surface area contributed by atoms with Crippen LogP contribution < -0.4 is 4.74 Å². The number of rotatable bonds is 9. The van der Waals surface area contributed by atoms with Crippen LogP contribution in [-0.4, -0.2) is 52.4 Å². The van der Waals surface area contributed by atoms with Gasteiger partial charge in [-0.3, -0.25) is 19.3 Å². The minimum Gasteiger partial charge on any atom is -0.480 e. The van der Waals surface area contributed by atoms with E-state index in [1.807, 2.05) is 12.1 Å². The van der Waals surface area contributed by atoms with Crippen molar-refractivity contribution in [2.75, 3.05) is 20.4 Å². The molecule has 1 saturated heterocycles. The molecule has 0 atom stereocenters. The lowest BCUT2D eigenvalue weighted by atomic mass is 10.1. The van der Waals surface area contributed by atoms with Crippen LogP contribution in [0.4, 0.5) is 0 Å². The number of nitrogens with zero attached hydrogens (tertiary/aromatic N) is 1. The van der Waals surface area contributed by atoms with Crippen LogP contribution in [0.5, 0.6) is 5.75 Å². The average molecular weight is 470 g/mol. The molecule has 1 fully saturated rings. The van der Waals surface area contributed by atoms with Crippen LogP contribution in [0, 0.1) is 0 Å². The third-order valence-corrected chi connectivity index (χ3v) is 5.67. The molecule has 0 aliphatic carbocycles. The summed E-state index contributed by atoms with van der Waals surface area (Å²) in [6.45, 7) is -0.356. The lowest BCUT2D eigenvalue weighted by Crippen LogP contribution is -2.33. The summed E-state index contributed by atoms with van der Waals surface area (Å²) in [5.41, 5.74) is 2.06. The van der Waals surface area contributed by atoms with Crippen molar-refractivity contribution in [1.82, 2.24) is 4.90 Å². The van der Waals surface area contributed by atoms with Gasteiger partial charge < -0.3 is 14.6 Å². The molecule has 1 amide bonds. The van der Waals surface area contributed by atoms with Gasteiger partial charge in [-0.25, -0.2) is 0 Å². The Morgan fingerprint density at radius 2 is 1.88 bits per heavy atom. The monoisotopic (exact) mass is 469 g/mol. The Bertz CT molecular complexity index is 1110. The third kappa shape index (κ3) is 6.13. The number of carbonyl (C=O) groups is 3. The predicted molar refractivity (Wildman–Crippen MR) is 126 cm³/mol. The van der Waals surface area contributed by atoms with Crippen LogP contribution in [0.15, 0.2) is 59.5 Å². The van der Waals surface area contributed by atoms with E-state index in [0.717, 1.165) is 27.8 Å². The van der Waals surface area contributed by atoms with Gasteiger partial charge in [0.25, 0.3) is 5.91 Å². The van der Waals surface area contributed by atoms with E-state index in [9.17, 15) is 14.4 Å². The van der Waals surface area contributed by atoms with Crippen molar-refractivity contribution in [1.29, 1.82) is 0 Å². The lowest BCUT2D eigenvalue weighted by molar-refractivity contribution is -0.140. The van der Waals surface area contributed by atoms with Crippen molar-refractivity contribution in [3.05, 3.63) is 76.2 Å². The van der Waals surface area contributed by atoms with E-state index in [4.69, 9.17) is 26.8 Å². The molecule has 0 aromatic heterocycles. The first-order valence-corrected chi connectivity index (χ1v) is 10.6. The topological polar surface area (TPSA) is 93.1 Å². The van der Waals surface area contributed by atoms with Gasteiger partial charge in [0.15, 0.2) is 12.6 Å². The van der Waals surface area contributed by atoms with Crippen LogP contribution in [-0.2, 0) is 14.3 Å². The zero-order valence-corrected chi connectivity index (χ0v) is 18.7. The first kappa shape index (κ1) is 23.4. The highest BCUT2D eigenvalue weighted by molar-refractivity contribution is 8.26. The number of thiocarbonyl (C=S) groups is 1. The number of aliphatic carboxylic acids is 1. The molecule has 0 spiro atoms. The maximum absolute atomic E-state index is 12.4. The molecule has 1 aliphatic heterocycles. The van der Waals surface area contributed by atoms with Crippen molar-refractivity contribution in [3.63, 3.8) is 0 Å². The number of methoxy groups -OCH3 is 1. The molecule has 1 N–H and O–H groups in total. The smallest absolute Gasteiger partial charge is 0.323 e. The Balaban J connectivity index is 1.66. The van der Waals surface area contributed by atoms with Crippen LogP contribution >= 0.6 is 24.0 Å². The second-order valence-corrected chi connectivity index (χ2v) is 8.28. The van der Waals surface area contributed by atoms with E-state index >= 15 is 0 Å². The standard InChI is InChI=1S/C23H19NO6S2/c1-29-14-30-18-4-2-3-17(12-18)19(25)10-9-15-5-7-16(8-6-15)11-20-22(28)24(13-21(26)27)23(31)32-20/h2-12H,13-14H2,1H3,(H,26,27)/b10-9+,20-11+. The summed E-state index contributed by atoms with van der Waals surface area (Å²) in [5, 5.41) is 8.90. The SMILES string of the molecule is COCOc1cccc(C(=O)/C=C/c2ccc(/C=C3/SC(=S)N(CC(=O)O)C3=O)cc2)c1. The van der Waals surface area contributed by atoms with Crippen molar-refractivity contribution >= 4 is 58.1 Å².